The van der Waals surface area contributed by atoms with Gasteiger partial charge in [0.1, 0.15) is 34.6 Å². The normalized spacial score (nSPS) is 12.8. The van der Waals surface area contributed by atoms with Crippen LogP contribution in [0.2, 0.25) is 0 Å². The highest BCUT2D eigenvalue weighted by Crippen LogP contribution is 2.15. The van der Waals surface area contributed by atoms with E-state index in [0.29, 0.717) is 12.0 Å². The second-order valence-corrected chi connectivity index (χ2v) is 3.99. The predicted octanol–water partition coefficient (Wildman–Crippen LogP) is 4.04. The zero-order valence-corrected chi connectivity index (χ0v) is 10.6. The van der Waals surface area contributed by atoms with Gasteiger partial charge in [-0.05, 0) is 30.5 Å². The van der Waals surface area contributed by atoms with Crippen LogP contribution in [-0.2, 0) is 9.49 Å². The Morgan fingerprint density at radius 1 is 1.27 bits per heavy atom. The Labute approximate surface area is 103 Å². The van der Waals surface area contributed by atoms with Crippen molar-refractivity contribution < 1.29 is 11.8 Å². The first kappa shape index (κ1) is 12.8. The molecule has 1 atom stereocenters. The first-order valence-corrected chi connectivity index (χ1v) is 5.76. The lowest BCUT2D eigenvalue weighted by Gasteiger charge is -2.12. The van der Waals surface area contributed by atoms with Gasteiger partial charge in [0.05, 0.1) is 6.10 Å². The van der Waals surface area contributed by atoms with Crippen LogP contribution in [0, 0.1) is 11.6 Å². The van der Waals surface area contributed by atoms with Gasteiger partial charge in [-0.2, -0.15) is 0 Å². The second kappa shape index (κ2) is 6.37. The third kappa shape index (κ3) is 4.42. The molecule has 0 saturated heterocycles. The van der Waals surface area contributed by atoms with E-state index in [2.05, 4.69) is 6.92 Å². The van der Waals surface area contributed by atoms with Crippen molar-refractivity contribution in [3.63, 3.8) is 0 Å². The molecule has 0 amide bonds. The minimum atomic E-state index is -0.534. The summed E-state index contributed by atoms with van der Waals surface area (Å²) in [6, 6.07) is 3.58. The van der Waals surface area contributed by atoms with Gasteiger partial charge < -0.3 is 3.07 Å². The summed E-state index contributed by atoms with van der Waals surface area (Å²) in [4.78, 5) is 0. The standard InChI is InChI=1S/C11H13F2IO/c1-2-3-11(15-14)6-8-4-9(12)7-10(13)5-8/h4-5,7,11H,2-3,6H2,1H3. The van der Waals surface area contributed by atoms with E-state index in [0.717, 1.165) is 18.9 Å². The van der Waals surface area contributed by atoms with Gasteiger partial charge in [0, 0.05) is 6.07 Å². The van der Waals surface area contributed by atoms with Crippen LogP contribution in [0.25, 0.3) is 0 Å². The number of benzene rings is 1. The molecular formula is C11H13F2IO. The molecule has 0 heterocycles. The highest BCUT2D eigenvalue weighted by atomic mass is 127. The molecule has 0 aliphatic heterocycles. The van der Waals surface area contributed by atoms with E-state index in [1.54, 1.807) is 0 Å². The molecule has 15 heavy (non-hydrogen) atoms. The first-order valence-electron chi connectivity index (χ1n) is 4.88. The molecule has 0 radical (unpaired) electrons. The zero-order valence-electron chi connectivity index (χ0n) is 8.47. The number of hydrogen-bond acceptors (Lipinski definition) is 1. The Kier molecular flexibility index (Phi) is 5.45. The van der Waals surface area contributed by atoms with Crippen LogP contribution in [-0.4, -0.2) is 6.10 Å². The largest absolute Gasteiger partial charge is 0.312 e. The van der Waals surface area contributed by atoms with Crippen molar-refractivity contribution in [2.45, 2.75) is 32.3 Å². The fourth-order valence-electron chi connectivity index (χ4n) is 1.49. The van der Waals surface area contributed by atoms with E-state index in [1.807, 2.05) is 23.0 Å². The van der Waals surface area contributed by atoms with Crippen LogP contribution in [0.5, 0.6) is 0 Å². The summed E-state index contributed by atoms with van der Waals surface area (Å²) in [5.74, 6) is -1.07. The maximum atomic E-state index is 12.9. The van der Waals surface area contributed by atoms with Crippen molar-refractivity contribution in [3.8, 4) is 0 Å². The Morgan fingerprint density at radius 3 is 2.33 bits per heavy atom. The molecule has 1 aromatic rings. The van der Waals surface area contributed by atoms with Crippen LogP contribution in [0.4, 0.5) is 8.78 Å². The number of hydrogen-bond donors (Lipinski definition) is 0. The lowest BCUT2D eigenvalue weighted by molar-refractivity contribution is 0.264. The molecule has 0 aromatic heterocycles. The van der Waals surface area contributed by atoms with E-state index in [1.165, 1.54) is 12.1 Å². The topological polar surface area (TPSA) is 9.23 Å². The van der Waals surface area contributed by atoms with Gasteiger partial charge in [0.15, 0.2) is 0 Å². The van der Waals surface area contributed by atoms with E-state index >= 15 is 0 Å². The lowest BCUT2D eigenvalue weighted by atomic mass is 10.0. The second-order valence-electron chi connectivity index (χ2n) is 3.48. The fourth-order valence-corrected chi connectivity index (χ4v) is 1.93. The number of rotatable bonds is 5. The van der Waals surface area contributed by atoms with E-state index in [4.69, 9.17) is 3.07 Å². The molecule has 1 rings (SSSR count). The molecule has 4 heteroatoms. The molecule has 0 aliphatic carbocycles. The van der Waals surface area contributed by atoms with E-state index < -0.39 is 11.6 Å². The highest BCUT2D eigenvalue weighted by Gasteiger charge is 2.10. The maximum Gasteiger partial charge on any atom is 0.126 e. The Hall–Kier alpha value is -0.230. The molecule has 0 bridgehead atoms. The van der Waals surface area contributed by atoms with Gasteiger partial charge in [-0.1, -0.05) is 13.3 Å². The monoisotopic (exact) mass is 326 g/mol. The van der Waals surface area contributed by atoms with Crippen LogP contribution in [0.15, 0.2) is 18.2 Å². The van der Waals surface area contributed by atoms with Crippen molar-refractivity contribution >= 4 is 23.0 Å². The molecule has 0 fully saturated rings. The summed E-state index contributed by atoms with van der Waals surface area (Å²) in [5.41, 5.74) is 0.641. The highest BCUT2D eigenvalue weighted by molar-refractivity contribution is 14.1. The molecule has 0 aliphatic rings. The summed E-state index contributed by atoms with van der Waals surface area (Å²) >= 11 is 1.83. The van der Waals surface area contributed by atoms with Crippen LogP contribution < -0.4 is 0 Å². The van der Waals surface area contributed by atoms with Crippen LogP contribution in [0.3, 0.4) is 0 Å². The third-order valence-electron chi connectivity index (χ3n) is 2.12. The minimum absolute atomic E-state index is 0.0248. The van der Waals surface area contributed by atoms with Gasteiger partial charge in [-0.3, -0.25) is 0 Å². The molecule has 0 N–H and O–H groups in total. The SMILES string of the molecule is CCCC(Cc1cc(F)cc(F)c1)OI. The average molecular weight is 326 g/mol. The Bertz CT molecular complexity index is 297. The van der Waals surface area contributed by atoms with E-state index in [9.17, 15) is 8.78 Å². The Balaban J connectivity index is 2.69. The molecule has 0 spiro atoms. The summed E-state index contributed by atoms with van der Waals surface area (Å²) < 4.78 is 31.0. The fraction of sp³-hybridized carbons (Fsp3) is 0.455. The smallest absolute Gasteiger partial charge is 0.126 e. The zero-order chi connectivity index (χ0) is 11.3. The summed E-state index contributed by atoms with van der Waals surface area (Å²) in [7, 11) is 0. The predicted molar refractivity (Wildman–Crippen MR) is 63.9 cm³/mol. The Morgan fingerprint density at radius 2 is 1.87 bits per heavy atom. The average Bonchev–Trinajstić information content (AvgIpc) is 2.15. The quantitative estimate of drug-likeness (QED) is 0.742. The van der Waals surface area contributed by atoms with Gasteiger partial charge >= 0.3 is 0 Å². The molecular weight excluding hydrogens is 313 g/mol. The van der Waals surface area contributed by atoms with Gasteiger partial charge in [0.2, 0.25) is 0 Å². The molecule has 0 saturated carbocycles. The lowest BCUT2D eigenvalue weighted by Crippen LogP contribution is -2.11. The maximum absolute atomic E-state index is 12.9. The molecule has 1 aromatic carbocycles. The van der Waals surface area contributed by atoms with Crippen LogP contribution in [0.1, 0.15) is 25.3 Å². The van der Waals surface area contributed by atoms with Crippen LogP contribution >= 0.6 is 23.0 Å². The molecule has 84 valence electrons. The summed E-state index contributed by atoms with van der Waals surface area (Å²) in [5, 5.41) is 0. The molecule has 1 nitrogen and oxygen atoms in total. The third-order valence-corrected chi connectivity index (χ3v) is 2.84. The van der Waals surface area contributed by atoms with Gasteiger partial charge in [-0.25, -0.2) is 8.78 Å². The molecule has 1 unspecified atom stereocenters. The van der Waals surface area contributed by atoms with Gasteiger partial charge in [-0.15, -0.1) is 0 Å². The summed E-state index contributed by atoms with van der Waals surface area (Å²) in [6.45, 7) is 2.05. The first-order chi connectivity index (χ1) is 7.15. The van der Waals surface area contributed by atoms with Crippen molar-refractivity contribution in [2.75, 3.05) is 0 Å². The summed E-state index contributed by atoms with van der Waals surface area (Å²) in [6.07, 6.45) is 2.45. The minimum Gasteiger partial charge on any atom is -0.312 e. The van der Waals surface area contributed by atoms with Crippen molar-refractivity contribution in [3.05, 3.63) is 35.4 Å². The van der Waals surface area contributed by atoms with Crippen molar-refractivity contribution in [2.24, 2.45) is 0 Å². The van der Waals surface area contributed by atoms with Gasteiger partial charge in [0.25, 0.3) is 0 Å². The van der Waals surface area contributed by atoms with Crippen molar-refractivity contribution in [1.29, 1.82) is 0 Å². The number of halogens is 3. The van der Waals surface area contributed by atoms with E-state index in [-0.39, 0.29) is 6.10 Å². The van der Waals surface area contributed by atoms with Crippen molar-refractivity contribution in [1.82, 2.24) is 0 Å².